The molecule has 3 rings (SSSR count). The van der Waals surface area contributed by atoms with Gasteiger partial charge in [0.1, 0.15) is 5.39 Å². The van der Waals surface area contributed by atoms with E-state index in [1.165, 1.54) is 0 Å². The average Bonchev–Trinajstić information content (AvgIpc) is 2.56. The minimum Gasteiger partial charge on any atom is -0.408 e. The molecule has 5 nitrogen and oxygen atoms in total. The number of hydrogen-bond donors (Lipinski definition) is 0. The van der Waals surface area contributed by atoms with Crippen molar-refractivity contribution in [2.45, 2.75) is 19.4 Å². The molecule has 3 aromatic rings. The monoisotopic (exact) mass is 296 g/mol. The Hall–Kier alpha value is -2.53. The first kappa shape index (κ1) is 14.4. The van der Waals surface area contributed by atoms with Crippen LogP contribution in [0.2, 0.25) is 0 Å². The van der Waals surface area contributed by atoms with Crippen LogP contribution >= 0.6 is 0 Å². The maximum Gasteiger partial charge on any atom is 0.348 e. The van der Waals surface area contributed by atoms with Gasteiger partial charge in [-0.3, -0.25) is 0 Å². The van der Waals surface area contributed by atoms with E-state index < -0.39 is 5.63 Å². The number of aromatic nitrogens is 2. The Labute approximate surface area is 127 Å². The van der Waals surface area contributed by atoms with Crippen LogP contribution in [0.25, 0.3) is 11.0 Å². The fourth-order valence-corrected chi connectivity index (χ4v) is 2.14. The van der Waals surface area contributed by atoms with Crippen LogP contribution in [0.3, 0.4) is 0 Å². The molecule has 0 amide bonds. The standard InChI is InChI=1S/C17H16N2O3/c20-17-14-8-4-10-18-16(14)19-15(22-17)9-5-11-21-12-13-6-2-1-3-7-13/h1-4,6-8,10H,5,9,11-12H2. The molecule has 2 aromatic heterocycles. The highest BCUT2D eigenvalue weighted by Crippen LogP contribution is 2.06. The third kappa shape index (κ3) is 3.56. The van der Waals surface area contributed by atoms with Gasteiger partial charge >= 0.3 is 5.63 Å². The predicted octanol–water partition coefficient (Wildman–Crippen LogP) is 2.73. The van der Waals surface area contributed by atoms with Gasteiger partial charge in [-0.2, -0.15) is 4.98 Å². The first-order valence-corrected chi connectivity index (χ1v) is 7.19. The van der Waals surface area contributed by atoms with Gasteiger partial charge in [0.25, 0.3) is 0 Å². The molecule has 0 radical (unpaired) electrons. The van der Waals surface area contributed by atoms with Crippen LogP contribution in [-0.2, 0) is 17.8 Å². The summed E-state index contributed by atoms with van der Waals surface area (Å²) < 4.78 is 10.8. The van der Waals surface area contributed by atoms with E-state index in [-0.39, 0.29) is 0 Å². The fraction of sp³-hybridized carbons (Fsp3) is 0.235. The van der Waals surface area contributed by atoms with Gasteiger partial charge in [0, 0.05) is 19.2 Å². The first-order chi connectivity index (χ1) is 10.8. The molecular weight excluding hydrogens is 280 g/mol. The highest BCUT2D eigenvalue weighted by atomic mass is 16.5. The van der Waals surface area contributed by atoms with Crippen molar-refractivity contribution in [1.82, 2.24) is 9.97 Å². The number of hydrogen-bond acceptors (Lipinski definition) is 5. The lowest BCUT2D eigenvalue weighted by molar-refractivity contribution is 0.117. The van der Waals surface area contributed by atoms with Gasteiger partial charge in [0.15, 0.2) is 5.65 Å². The van der Waals surface area contributed by atoms with E-state index in [4.69, 9.17) is 9.15 Å². The van der Waals surface area contributed by atoms with E-state index in [9.17, 15) is 4.79 Å². The van der Waals surface area contributed by atoms with Gasteiger partial charge in [0.2, 0.25) is 5.89 Å². The number of fused-ring (bicyclic) bond motifs is 1. The van der Waals surface area contributed by atoms with Crippen molar-refractivity contribution in [2.75, 3.05) is 6.61 Å². The molecule has 0 saturated heterocycles. The molecule has 0 atom stereocenters. The van der Waals surface area contributed by atoms with Crippen LogP contribution in [-0.4, -0.2) is 16.6 Å². The van der Waals surface area contributed by atoms with E-state index in [2.05, 4.69) is 9.97 Å². The Morgan fingerprint density at radius 1 is 1.09 bits per heavy atom. The van der Waals surface area contributed by atoms with E-state index in [1.54, 1.807) is 18.3 Å². The van der Waals surface area contributed by atoms with Gasteiger partial charge in [-0.15, -0.1) is 0 Å². The van der Waals surface area contributed by atoms with Crippen LogP contribution in [0.5, 0.6) is 0 Å². The zero-order valence-electron chi connectivity index (χ0n) is 12.1. The van der Waals surface area contributed by atoms with Crippen LogP contribution in [0.15, 0.2) is 57.9 Å². The molecule has 0 fully saturated rings. The lowest BCUT2D eigenvalue weighted by Crippen LogP contribution is -2.07. The minimum absolute atomic E-state index is 0.390. The molecule has 2 heterocycles. The quantitative estimate of drug-likeness (QED) is 0.654. The van der Waals surface area contributed by atoms with Gasteiger partial charge in [-0.25, -0.2) is 9.78 Å². The maximum atomic E-state index is 11.8. The van der Waals surface area contributed by atoms with Crippen molar-refractivity contribution in [3.63, 3.8) is 0 Å². The van der Waals surface area contributed by atoms with E-state index >= 15 is 0 Å². The Bertz CT molecular complexity index is 800. The Morgan fingerprint density at radius 2 is 1.95 bits per heavy atom. The molecule has 0 aliphatic heterocycles. The number of rotatable bonds is 6. The normalized spacial score (nSPS) is 10.9. The third-order valence-electron chi connectivity index (χ3n) is 3.24. The molecule has 0 aliphatic rings. The molecule has 0 unspecified atom stereocenters. The molecular formula is C17H16N2O3. The second-order valence-electron chi connectivity index (χ2n) is 4.91. The molecule has 0 spiro atoms. The summed E-state index contributed by atoms with van der Waals surface area (Å²) in [5.74, 6) is 0.402. The average molecular weight is 296 g/mol. The zero-order chi connectivity index (χ0) is 15.2. The SMILES string of the molecule is O=c1oc(CCCOCc2ccccc2)nc2ncccc12. The number of pyridine rings is 1. The van der Waals surface area contributed by atoms with Gasteiger partial charge in [-0.1, -0.05) is 30.3 Å². The zero-order valence-corrected chi connectivity index (χ0v) is 12.1. The van der Waals surface area contributed by atoms with Gasteiger partial charge < -0.3 is 9.15 Å². The summed E-state index contributed by atoms with van der Waals surface area (Å²) >= 11 is 0. The highest BCUT2D eigenvalue weighted by molar-refractivity contribution is 5.72. The minimum atomic E-state index is -0.390. The number of ether oxygens (including phenoxy) is 1. The summed E-state index contributed by atoms with van der Waals surface area (Å²) in [5, 5.41) is 0.409. The molecule has 22 heavy (non-hydrogen) atoms. The van der Waals surface area contributed by atoms with E-state index in [0.717, 1.165) is 12.0 Å². The lowest BCUT2D eigenvalue weighted by atomic mass is 10.2. The maximum absolute atomic E-state index is 11.8. The van der Waals surface area contributed by atoms with Crippen LogP contribution in [0, 0.1) is 0 Å². The largest absolute Gasteiger partial charge is 0.408 e. The fourth-order valence-electron chi connectivity index (χ4n) is 2.14. The topological polar surface area (TPSA) is 65.2 Å². The molecule has 0 bridgehead atoms. The summed E-state index contributed by atoms with van der Waals surface area (Å²) in [6.07, 6.45) is 2.90. The van der Waals surface area contributed by atoms with Gasteiger partial charge in [-0.05, 0) is 24.1 Å². The Morgan fingerprint density at radius 3 is 2.82 bits per heavy atom. The van der Waals surface area contributed by atoms with Crippen molar-refractivity contribution in [2.24, 2.45) is 0 Å². The lowest BCUT2D eigenvalue weighted by Gasteiger charge is -2.04. The predicted molar refractivity (Wildman–Crippen MR) is 82.5 cm³/mol. The van der Waals surface area contributed by atoms with Crippen LogP contribution in [0.1, 0.15) is 17.9 Å². The number of benzene rings is 1. The van der Waals surface area contributed by atoms with Crippen molar-refractivity contribution >= 4 is 11.0 Å². The Kier molecular flexibility index (Phi) is 4.56. The molecule has 0 aliphatic carbocycles. The van der Waals surface area contributed by atoms with Crippen molar-refractivity contribution in [3.8, 4) is 0 Å². The van der Waals surface area contributed by atoms with E-state index in [1.807, 2.05) is 30.3 Å². The number of nitrogens with zero attached hydrogens (tertiary/aromatic N) is 2. The van der Waals surface area contributed by atoms with Crippen molar-refractivity contribution < 1.29 is 9.15 Å². The van der Waals surface area contributed by atoms with E-state index in [0.29, 0.717) is 36.6 Å². The highest BCUT2D eigenvalue weighted by Gasteiger charge is 2.06. The number of aryl methyl sites for hydroxylation is 1. The molecule has 0 N–H and O–H groups in total. The van der Waals surface area contributed by atoms with Gasteiger partial charge in [0.05, 0.1) is 6.61 Å². The summed E-state index contributed by atoms with van der Waals surface area (Å²) in [6, 6.07) is 13.3. The molecule has 0 saturated carbocycles. The summed E-state index contributed by atoms with van der Waals surface area (Å²) in [6.45, 7) is 1.16. The summed E-state index contributed by atoms with van der Waals surface area (Å²) in [4.78, 5) is 20.1. The molecule has 112 valence electrons. The second-order valence-corrected chi connectivity index (χ2v) is 4.91. The first-order valence-electron chi connectivity index (χ1n) is 7.19. The Balaban J connectivity index is 1.53. The second kappa shape index (κ2) is 6.95. The van der Waals surface area contributed by atoms with Crippen LogP contribution < -0.4 is 5.63 Å². The molecule has 5 heteroatoms. The smallest absolute Gasteiger partial charge is 0.348 e. The van der Waals surface area contributed by atoms with Crippen LogP contribution in [0.4, 0.5) is 0 Å². The van der Waals surface area contributed by atoms with Crippen molar-refractivity contribution in [3.05, 3.63) is 70.5 Å². The summed E-state index contributed by atoms with van der Waals surface area (Å²) in [5.41, 5.74) is 1.18. The third-order valence-corrected chi connectivity index (χ3v) is 3.24. The summed E-state index contributed by atoms with van der Waals surface area (Å²) in [7, 11) is 0. The molecule has 1 aromatic carbocycles. The van der Waals surface area contributed by atoms with Crippen molar-refractivity contribution in [1.29, 1.82) is 0 Å².